The Morgan fingerprint density at radius 2 is 2.10 bits per heavy atom. The Bertz CT molecular complexity index is 543. The van der Waals surface area contributed by atoms with Crippen molar-refractivity contribution >= 4 is 31.9 Å². The van der Waals surface area contributed by atoms with Crippen LogP contribution < -0.4 is 5.32 Å². The molecule has 6 heteroatoms. The quantitative estimate of drug-likeness (QED) is 0.759. The first-order chi connectivity index (χ1) is 10.2. The zero-order valence-electron chi connectivity index (χ0n) is 11.6. The van der Waals surface area contributed by atoms with E-state index in [1.165, 1.54) is 12.8 Å². The van der Waals surface area contributed by atoms with Crippen LogP contribution in [0.15, 0.2) is 42.4 Å². The smallest absolute Gasteiger partial charge is 0.183 e. The first-order valence-corrected chi connectivity index (χ1v) is 8.74. The number of hydrogen-bond acceptors (Lipinski definition) is 4. The van der Waals surface area contributed by atoms with Crippen molar-refractivity contribution in [2.45, 2.75) is 25.4 Å². The minimum atomic E-state index is 0.296. The van der Waals surface area contributed by atoms with Crippen LogP contribution in [-0.4, -0.2) is 24.5 Å². The Morgan fingerprint density at radius 1 is 1.29 bits per heavy atom. The molecule has 1 aliphatic rings. The number of nitrogens with zero attached hydrogens (tertiary/aromatic N) is 1. The molecule has 0 amide bonds. The second-order valence-corrected chi connectivity index (χ2v) is 6.81. The summed E-state index contributed by atoms with van der Waals surface area (Å²) in [4.78, 5) is 2.49. The van der Waals surface area contributed by atoms with Gasteiger partial charge in [-0.05, 0) is 76.0 Å². The molecule has 2 aromatic heterocycles. The van der Waals surface area contributed by atoms with Crippen molar-refractivity contribution in [1.29, 1.82) is 0 Å². The highest BCUT2D eigenvalue weighted by Crippen LogP contribution is 2.27. The molecule has 3 heterocycles. The third-order valence-corrected chi connectivity index (χ3v) is 5.50. The van der Waals surface area contributed by atoms with E-state index in [4.69, 9.17) is 8.83 Å². The van der Waals surface area contributed by atoms with Crippen molar-refractivity contribution in [3.63, 3.8) is 0 Å². The summed E-state index contributed by atoms with van der Waals surface area (Å²) in [5.74, 6) is 1.94. The summed E-state index contributed by atoms with van der Waals surface area (Å²) in [6.07, 6.45) is 4.30. The lowest BCUT2D eigenvalue weighted by Crippen LogP contribution is -2.33. The third-order valence-electron chi connectivity index (χ3n) is 3.79. The summed E-state index contributed by atoms with van der Waals surface area (Å²) in [6.45, 7) is 3.84. The van der Waals surface area contributed by atoms with E-state index in [9.17, 15) is 0 Å². The number of rotatable bonds is 6. The molecular weight excluding hydrogens is 400 g/mol. The van der Waals surface area contributed by atoms with Crippen molar-refractivity contribution in [3.8, 4) is 0 Å². The SMILES string of the molecule is Brc1cc(CNCC(c2ccco2)N2CCCC2)oc1Br. The Hall–Kier alpha value is -0.560. The van der Waals surface area contributed by atoms with Crippen LogP contribution in [-0.2, 0) is 6.54 Å². The number of furan rings is 2. The van der Waals surface area contributed by atoms with Gasteiger partial charge in [0.05, 0.1) is 23.3 Å². The normalized spacial score (nSPS) is 17.4. The van der Waals surface area contributed by atoms with Crippen molar-refractivity contribution in [3.05, 3.63) is 45.1 Å². The Kier molecular flexibility index (Phi) is 5.21. The topological polar surface area (TPSA) is 41.6 Å². The molecule has 1 aliphatic heterocycles. The second-order valence-electron chi connectivity index (χ2n) is 5.24. The lowest BCUT2D eigenvalue weighted by molar-refractivity contribution is 0.208. The average Bonchev–Trinajstić information content (AvgIpc) is 3.19. The zero-order chi connectivity index (χ0) is 14.7. The standard InChI is InChI=1S/C15H18Br2N2O2/c16-12-8-11(21-15(12)17)9-18-10-13(14-4-3-7-20-14)19-5-1-2-6-19/h3-4,7-8,13,18H,1-2,5-6,9-10H2. The van der Waals surface area contributed by atoms with E-state index >= 15 is 0 Å². The van der Waals surface area contributed by atoms with E-state index < -0.39 is 0 Å². The van der Waals surface area contributed by atoms with Crippen molar-refractivity contribution in [1.82, 2.24) is 10.2 Å². The van der Waals surface area contributed by atoms with E-state index in [2.05, 4.69) is 48.1 Å². The van der Waals surface area contributed by atoms with Crippen molar-refractivity contribution in [2.24, 2.45) is 0 Å². The molecular formula is C15H18Br2N2O2. The predicted molar refractivity (Wildman–Crippen MR) is 88.1 cm³/mol. The molecule has 2 aromatic rings. The third kappa shape index (κ3) is 3.80. The highest BCUT2D eigenvalue weighted by atomic mass is 79.9. The summed E-state index contributed by atoms with van der Waals surface area (Å²) < 4.78 is 12.9. The number of likely N-dealkylation sites (tertiary alicyclic amines) is 1. The first kappa shape index (κ1) is 15.3. The van der Waals surface area contributed by atoms with Crippen LogP contribution in [0.1, 0.15) is 30.4 Å². The van der Waals surface area contributed by atoms with Crippen LogP contribution in [0.2, 0.25) is 0 Å². The molecule has 0 saturated carbocycles. The molecule has 21 heavy (non-hydrogen) atoms. The lowest BCUT2D eigenvalue weighted by Gasteiger charge is -2.25. The van der Waals surface area contributed by atoms with Crippen LogP contribution >= 0.6 is 31.9 Å². The van der Waals surface area contributed by atoms with E-state index in [1.807, 2.05) is 12.1 Å². The summed E-state index contributed by atoms with van der Waals surface area (Å²) in [6, 6.07) is 6.29. The van der Waals surface area contributed by atoms with Gasteiger partial charge >= 0.3 is 0 Å². The van der Waals surface area contributed by atoms with Crippen molar-refractivity contribution < 1.29 is 8.83 Å². The molecule has 1 atom stereocenters. The van der Waals surface area contributed by atoms with Crippen LogP contribution in [0.5, 0.6) is 0 Å². The minimum Gasteiger partial charge on any atom is -0.468 e. The first-order valence-electron chi connectivity index (χ1n) is 7.16. The fourth-order valence-corrected chi connectivity index (χ4v) is 3.41. The molecule has 0 aliphatic carbocycles. The lowest BCUT2D eigenvalue weighted by atomic mass is 10.2. The molecule has 1 N–H and O–H groups in total. The molecule has 114 valence electrons. The van der Waals surface area contributed by atoms with Gasteiger partial charge < -0.3 is 14.2 Å². The molecule has 1 unspecified atom stereocenters. The molecule has 0 radical (unpaired) electrons. The van der Waals surface area contributed by atoms with Crippen LogP contribution in [0.3, 0.4) is 0 Å². The highest BCUT2D eigenvalue weighted by molar-refractivity contribution is 9.13. The summed E-state index contributed by atoms with van der Waals surface area (Å²) in [5.41, 5.74) is 0. The predicted octanol–water partition coefficient (Wildman–Crippen LogP) is 4.32. The number of halogens is 2. The Balaban J connectivity index is 1.59. The summed E-state index contributed by atoms with van der Waals surface area (Å²) >= 11 is 6.79. The Labute approximate surface area is 141 Å². The molecule has 0 aromatic carbocycles. The zero-order valence-corrected chi connectivity index (χ0v) is 14.8. The van der Waals surface area contributed by atoms with Gasteiger partial charge in [0.2, 0.25) is 0 Å². The number of hydrogen-bond donors (Lipinski definition) is 1. The minimum absolute atomic E-state index is 0.296. The van der Waals surface area contributed by atoms with E-state index in [-0.39, 0.29) is 0 Å². The van der Waals surface area contributed by atoms with Crippen LogP contribution in [0.4, 0.5) is 0 Å². The van der Waals surface area contributed by atoms with Crippen LogP contribution in [0, 0.1) is 0 Å². The molecule has 1 saturated heterocycles. The number of nitrogens with one attached hydrogen (secondary N) is 1. The second kappa shape index (κ2) is 7.13. The highest BCUT2D eigenvalue weighted by Gasteiger charge is 2.25. The molecule has 1 fully saturated rings. The fourth-order valence-electron chi connectivity index (χ4n) is 2.75. The molecule has 3 rings (SSSR count). The van der Waals surface area contributed by atoms with Crippen LogP contribution in [0.25, 0.3) is 0 Å². The van der Waals surface area contributed by atoms with E-state index in [0.717, 1.165) is 40.3 Å². The van der Waals surface area contributed by atoms with Gasteiger partial charge in [-0.2, -0.15) is 0 Å². The Morgan fingerprint density at radius 3 is 2.71 bits per heavy atom. The van der Waals surface area contributed by atoms with Gasteiger partial charge in [0.1, 0.15) is 11.5 Å². The van der Waals surface area contributed by atoms with E-state index in [1.54, 1.807) is 6.26 Å². The van der Waals surface area contributed by atoms with Gasteiger partial charge in [-0.25, -0.2) is 0 Å². The largest absolute Gasteiger partial charge is 0.468 e. The van der Waals surface area contributed by atoms with Gasteiger partial charge in [0.15, 0.2) is 4.67 Å². The molecule has 4 nitrogen and oxygen atoms in total. The molecule has 0 bridgehead atoms. The van der Waals surface area contributed by atoms with E-state index in [0.29, 0.717) is 12.6 Å². The van der Waals surface area contributed by atoms with Crippen molar-refractivity contribution in [2.75, 3.05) is 19.6 Å². The fraction of sp³-hybridized carbons (Fsp3) is 0.467. The van der Waals surface area contributed by atoms with Gasteiger partial charge in [-0.1, -0.05) is 0 Å². The summed E-state index contributed by atoms with van der Waals surface area (Å²) in [7, 11) is 0. The maximum atomic E-state index is 5.61. The van der Waals surface area contributed by atoms with Gasteiger partial charge in [0.25, 0.3) is 0 Å². The maximum absolute atomic E-state index is 5.61. The van der Waals surface area contributed by atoms with Gasteiger partial charge in [-0.3, -0.25) is 4.90 Å². The molecule has 0 spiro atoms. The monoisotopic (exact) mass is 416 g/mol. The summed E-state index contributed by atoms with van der Waals surface area (Å²) in [5, 5.41) is 3.47. The van der Waals surface area contributed by atoms with Gasteiger partial charge in [0, 0.05) is 6.54 Å². The van der Waals surface area contributed by atoms with Gasteiger partial charge in [-0.15, -0.1) is 0 Å². The maximum Gasteiger partial charge on any atom is 0.183 e. The average molecular weight is 418 g/mol.